The molecule has 1 aromatic heterocycles. The number of fused-ring (bicyclic) bond motifs is 1. The minimum Gasteiger partial charge on any atom is -0.405 e. The Morgan fingerprint density at radius 3 is 2.28 bits per heavy atom. The van der Waals surface area contributed by atoms with E-state index in [1.54, 1.807) is 6.20 Å². The van der Waals surface area contributed by atoms with Crippen LogP contribution in [0.1, 0.15) is 37.5 Å². The van der Waals surface area contributed by atoms with E-state index in [0.717, 1.165) is 44.5 Å². The third-order valence-corrected chi connectivity index (χ3v) is 5.70. The molecule has 4 aromatic rings. The molecule has 0 spiro atoms. The molecule has 0 radical (unpaired) electrons. The van der Waals surface area contributed by atoms with Gasteiger partial charge in [-0.25, -0.2) is 4.98 Å². The Hall–Kier alpha value is -3.85. The molecule has 0 atom stereocenters. The highest BCUT2D eigenvalue weighted by Crippen LogP contribution is 2.34. The summed E-state index contributed by atoms with van der Waals surface area (Å²) in [7, 11) is 0. The molecule has 0 amide bonds. The van der Waals surface area contributed by atoms with Gasteiger partial charge in [-0.2, -0.15) is 0 Å². The van der Waals surface area contributed by atoms with Gasteiger partial charge >= 0.3 is 0 Å². The van der Waals surface area contributed by atoms with Crippen molar-refractivity contribution in [3.05, 3.63) is 102 Å². The second-order valence-corrected chi connectivity index (χ2v) is 8.93. The molecule has 3 N–H and O–H groups in total. The highest BCUT2D eigenvalue weighted by atomic mass is 15.0. The molecule has 0 aliphatic rings. The molecule has 0 bridgehead atoms. The first kappa shape index (κ1) is 21.4. The number of aromatic nitrogens is 1. The summed E-state index contributed by atoms with van der Waals surface area (Å²) in [5.41, 5.74) is 12.3. The largest absolute Gasteiger partial charge is 0.405 e. The van der Waals surface area contributed by atoms with Crippen LogP contribution < -0.4 is 11.1 Å². The summed E-state index contributed by atoms with van der Waals surface area (Å²) in [6.07, 6.45) is 7.23. The van der Waals surface area contributed by atoms with Crippen molar-refractivity contribution in [3.63, 3.8) is 0 Å². The fourth-order valence-electron chi connectivity index (χ4n) is 3.89. The molecule has 3 aromatic carbocycles. The highest BCUT2D eigenvalue weighted by molar-refractivity contribution is 6.02. The van der Waals surface area contributed by atoms with Crippen molar-refractivity contribution in [3.8, 4) is 11.1 Å². The van der Waals surface area contributed by atoms with Crippen LogP contribution in [-0.2, 0) is 5.41 Å². The predicted molar refractivity (Wildman–Crippen MR) is 139 cm³/mol. The van der Waals surface area contributed by atoms with Crippen LogP contribution in [0.5, 0.6) is 0 Å². The zero-order valence-corrected chi connectivity index (χ0v) is 18.9. The van der Waals surface area contributed by atoms with E-state index in [1.807, 2.05) is 24.4 Å². The molecule has 0 saturated heterocycles. The zero-order valence-electron chi connectivity index (χ0n) is 18.9. The lowest BCUT2D eigenvalue weighted by atomic mass is 9.87. The van der Waals surface area contributed by atoms with Gasteiger partial charge in [0.25, 0.3) is 0 Å². The maximum absolute atomic E-state index is 5.59. The summed E-state index contributed by atoms with van der Waals surface area (Å²) in [6, 6.07) is 23.2. The lowest BCUT2D eigenvalue weighted by Crippen LogP contribution is -2.10. The van der Waals surface area contributed by atoms with Gasteiger partial charge in [0.15, 0.2) is 0 Å². The van der Waals surface area contributed by atoms with Gasteiger partial charge in [-0.3, -0.25) is 0 Å². The van der Waals surface area contributed by atoms with Gasteiger partial charge in [-0.05, 0) is 63.5 Å². The van der Waals surface area contributed by atoms with Crippen LogP contribution in [0.25, 0.3) is 34.1 Å². The maximum atomic E-state index is 5.59. The minimum atomic E-state index is 0.130. The number of anilines is 2. The normalized spacial score (nSPS) is 11.7. The average molecular weight is 420 g/mol. The van der Waals surface area contributed by atoms with Gasteiger partial charge in [-0.1, -0.05) is 82.0 Å². The second-order valence-electron chi connectivity index (χ2n) is 8.93. The number of hydrogen-bond acceptors (Lipinski definition) is 3. The van der Waals surface area contributed by atoms with Gasteiger partial charge in [-0.15, -0.1) is 0 Å². The van der Waals surface area contributed by atoms with Crippen molar-refractivity contribution in [1.82, 2.24) is 4.98 Å². The molecular weight excluding hydrogens is 390 g/mol. The van der Waals surface area contributed by atoms with Crippen LogP contribution in [0.15, 0.2) is 85.7 Å². The summed E-state index contributed by atoms with van der Waals surface area (Å²) < 4.78 is 0. The SMILES string of the molecule is C=Cc1cc(-c2cnc(Nc3ccc(C(C)(C)C)cc3)c3ccccc23)ccc1/C=C\N. The summed E-state index contributed by atoms with van der Waals surface area (Å²) in [5, 5.41) is 5.73. The topological polar surface area (TPSA) is 50.9 Å². The van der Waals surface area contributed by atoms with Gasteiger partial charge in [0, 0.05) is 22.8 Å². The van der Waals surface area contributed by atoms with E-state index >= 15 is 0 Å². The van der Waals surface area contributed by atoms with Crippen molar-refractivity contribution >= 4 is 34.4 Å². The van der Waals surface area contributed by atoms with E-state index in [0.29, 0.717) is 0 Å². The standard InChI is InChI=1S/C29H29N3/c1-5-20-18-22(11-10-21(20)16-17-30)27-19-31-28(26-9-7-6-8-25(26)27)32-24-14-12-23(13-15-24)29(2,3)4/h5-19H,1,30H2,2-4H3,(H,31,32)/b17-16-. The zero-order chi connectivity index (χ0) is 22.7. The quantitative estimate of drug-likeness (QED) is 0.352. The van der Waals surface area contributed by atoms with Gasteiger partial charge in [0.1, 0.15) is 5.82 Å². The van der Waals surface area contributed by atoms with E-state index < -0.39 is 0 Å². The predicted octanol–water partition coefficient (Wildman–Crippen LogP) is 7.52. The molecule has 0 aliphatic carbocycles. The third-order valence-electron chi connectivity index (χ3n) is 5.70. The molecule has 0 saturated carbocycles. The monoisotopic (exact) mass is 419 g/mol. The van der Waals surface area contributed by atoms with Gasteiger partial charge in [0.2, 0.25) is 0 Å². The van der Waals surface area contributed by atoms with Crippen LogP contribution in [0.2, 0.25) is 0 Å². The Morgan fingerprint density at radius 1 is 0.906 bits per heavy atom. The summed E-state index contributed by atoms with van der Waals surface area (Å²) in [4.78, 5) is 4.79. The number of nitrogens with two attached hydrogens (primary N) is 1. The Morgan fingerprint density at radius 2 is 1.62 bits per heavy atom. The summed E-state index contributed by atoms with van der Waals surface area (Å²) in [5.74, 6) is 0.847. The maximum Gasteiger partial charge on any atom is 0.138 e. The van der Waals surface area contributed by atoms with E-state index in [4.69, 9.17) is 10.7 Å². The molecule has 0 aliphatic heterocycles. The number of benzene rings is 3. The van der Waals surface area contributed by atoms with E-state index in [9.17, 15) is 0 Å². The average Bonchev–Trinajstić information content (AvgIpc) is 2.79. The van der Waals surface area contributed by atoms with Crippen molar-refractivity contribution in [2.75, 3.05) is 5.32 Å². The Bertz CT molecular complexity index is 1290. The number of rotatable bonds is 5. The van der Waals surface area contributed by atoms with Crippen molar-refractivity contribution in [2.24, 2.45) is 5.73 Å². The van der Waals surface area contributed by atoms with Crippen LogP contribution >= 0.6 is 0 Å². The molecule has 1 heterocycles. The van der Waals surface area contributed by atoms with Gasteiger partial charge in [0.05, 0.1) is 0 Å². The first-order valence-corrected chi connectivity index (χ1v) is 10.8. The molecule has 0 fully saturated rings. The second kappa shape index (κ2) is 8.72. The molecule has 32 heavy (non-hydrogen) atoms. The van der Waals surface area contributed by atoms with Crippen LogP contribution in [0.3, 0.4) is 0 Å². The van der Waals surface area contributed by atoms with E-state index in [1.165, 1.54) is 5.56 Å². The fourth-order valence-corrected chi connectivity index (χ4v) is 3.89. The molecule has 0 unspecified atom stereocenters. The van der Waals surface area contributed by atoms with E-state index in [2.05, 4.69) is 93.3 Å². The molecule has 3 heteroatoms. The summed E-state index contributed by atoms with van der Waals surface area (Å²) in [6.45, 7) is 10.6. The third kappa shape index (κ3) is 4.28. The van der Waals surface area contributed by atoms with Crippen LogP contribution in [0.4, 0.5) is 11.5 Å². The molecular formula is C29H29N3. The van der Waals surface area contributed by atoms with E-state index in [-0.39, 0.29) is 5.41 Å². The molecule has 160 valence electrons. The number of nitrogens with one attached hydrogen (secondary N) is 1. The molecule has 4 rings (SSSR count). The highest BCUT2D eigenvalue weighted by Gasteiger charge is 2.14. The smallest absolute Gasteiger partial charge is 0.138 e. The first-order valence-electron chi connectivity index (χ1n) is 10.8. The van der Waals surface area contributed by atoms with Crippen molar-refractivity contribution in [2.45, 2.75) is 26.2 Å². The van der Waals surface area contributed by atoms with Crippen molar-refractivity contribution < 1.29 is 0 Å². The Labute approximate surface area is 190 Å². The molecule has 3 nitrogen and oxygen atoms in total. The fraction of sp³-hybridized carbons (Fsp3) is 0.138. The first-order chi connectivity index (χ1) is 15.4. The lowest BCUT2D eigenvalue weighted by Gasteiger charge is -2.19. The Kier molecular flexibility index (Phi) is 5.83. The number of hydrogen-bond donors (Lipinski definition) is 2. The summed E-state index contributed by atoms with van der Waals surface area (Å²) >= 11 is 0. The Balaban J connectivity index is 1.75. The van der Waals surface area contributed by atoms with Crippen LogP contribution in [0, 0.1) is 0 Å². The van der Waals surface area contributed by atoms with Crippen molar-refractivity contribution in [1.29, 1.82) is 0 Å². The number of nitrogens with zero attached hydrogens (tertiary/aromatic N) is 1. The number of pyridine rings is 1. The lowest BCUT2D eigenvalue weighted by molar-refractivity contribution is 0.590. The van der Waals surface area contributed by atoms with Crippen LogP contribution in [-0.4, -0.2) is 4.98 Å². The van der Waals surface area contributed by atoms with Gasteiger partial charge < -0.3 is 11.1 Å². The minimum absolute atomic E-state index is 0.130.